The molecule has 1 aromatic heterocycles. The molecule has 2 N–H and O–H groups in total. The van der Waals surface area contributed by atoms with Crippen molar-refractivity contribution in [2.45, 2.75) is 19.9 Å². The van der Waals surface area contributed by atoms with Gasteiger partial charge in [0.1, 0.15) is 5.69 Å². The fraction of sp³-hybridized carbons (Fsp3) is 0.231. The molecule has 0 spiro atoms. The second-order valence-corrected chi connectivity index (χ2v) is 4.20. The summed E-state index contributed by atoms with van der Waals surface area (Å²) in [7, 11) is 0. The predicted octanol–water partition coefficient (Wildman–Crippen LogP) is 1.81. The average Bonchev–Trinajstić information content (AvgIpc) is 2.94. The lowest BCUT2D eigenvalue weighted by Gasteiger charge is -2.04. The SMILES string of the molecule is CCc1cc(C(=O)NCc2ccccc2[N+](=O)[O-])n[nH]1. The Morgan fingerprint density at radius 1 is 1.45 bits per heavy atom. The van der Waals surface area contributed by atoms with Crippen molar-refractivity contribution in [2.24, 2.45) is 0 Å². The molecule has 0 aliphatic heterocycles. The highest BCUT2D eigenvalue weighted by atomic mass is 16.6. The van der Waals surface area contributed by atoms with E-state index in [1.165, 1.54) is 6.07 Å². The van der Waals surface area contributed by atoms with Crippen molar-refractivity contribution in [1.29, 1.82) is 0 Å². The monoisotopic (exact) mass is 274 g/mol. The fourth-order valence-electron chi connectivity index (χ4n) is 1.76. The van der Waals surface area contributed by atoms with E-state index in [4.69, 9.17) is 0 Å². The molecule has 2 rings (SSSR count). The highest BCUT2D eigenvalue weighted by Crippen LogP contribution is 2.17. The van der Waals surface area contributed by atoms with Crippen LogP contribution in [0.2, 0.25) is 0 Å². The first-order valence-electron chi connectivity index (χ1n) is 6.16. The maximum Gasteiger partial charge on any atom is 0.274 e. The summed E-state index contributed by atoms with van der Waals surface area (Å²) in [6.07, 6.45) is 0.754. The van der Waals surface area contributed by atoms with Crippen LogP contribution in [0.15, 0.2) is 30.3 Å². The van der Waals surface area contributed by atoms with Gasteiger partial charge in [-0.15, -0.1) is 0 Å². The van der Waals surface area contributed by atoms with E-state index in [9.17, 15) is 14.9 Å². The van der Waals surface area contributed by atoms with E-state index in [-0.39, 0.29) is 23.8 Å². The van der Waals surface area contributed by atoms with E-state index < -0.39 is 4.92 Å². The smallest absolute Gasteiger partial charge is 0.274 e. The van der Waals surface area contributed by atoms with Crippen LogP contribution in [0.1, 0.15) is 28.7 Å². The highest BCUT2D eigenvalue weighted by Gasteiger charge is 2.14. The van der Waals surface area contributed by atoms with Gasteiger partial charge in [0.15, 0.2) is 0 Å². The Hall–Kier alpha value is -2.70. The number of carbonyl (C=O) groups is 1. The van der Waals surface area contributed by atoms with E-state index in [0.29, 0.717) is 5.56 Å². The summed E-state index contributed by atoms with van der Waals surface area (Å²) in [5.41, 5.74) is 1.59. The van der Waals surface area contributed by atoms with Crippen LogP contribution in [-0.2, 0) is 13.0 Å². The van der Waals surface area contributed by atoms with Crippen LogP contribution < -0.4 is 5.32 Å². The number of aromatic amines is 1. The number of H-pyrrole nitrogens is 1. The lowest BCUT2D eigenvalue weighted by atomic mass is 10.2. The summed E-state index contributed by atoms with van der Waals surface area (Å²) in [5, 5.41) is 20.1. The zero-order chi connectivity index (χ0) is 14.5. The third-order valence-corrected chi connectivity index (χ3v) is 2.87. The second-order valence-electron chi connectivity index (χ2n) is 4.20. The summed E-state index contributed by atoms with van der Waals surface area (Å²) < 4.78 is 0. The number of nitro groups is 1. The molecule has 1 amide bonds. The molecule has 1 heterocycles. The molecule has 0 fully saturated rings. The molecule has 7 nitrogen and oxygen atoms in total. The number of benzene rings is 1. The number of carbonyl (C=O) groups excluding carboxylic acids is 1. The first-order valence-corrected chi connectivity index (χ1v) is 6.16. The van der Waals surface area contributed by atoms with Gasteiger partial charge < -0.3 is 5.32 Å². The summed E-state index contributed by atoms with van der Waals surface area (Å²) in [6.45, 7) is 2.03. The van der Waals surface area contributed by atoms with Gasteiger partial charge in [-0.1, -0.05) is 25.1 Å². The number of aryl methyl sites for hydroxylation is 1. The predicted molar refractivity (Wildman–Crippen MR) is 72.2 cm³/mol. The lowest BCUT2D eigenvalue weighted by molar-refractivity contribution is -0.385. The summed E-state index contributed by atoms with van der Waals surface area (Å²) in [4.78, 5) is 22.3. The number of aromatic nitrogens is 2. The largest absolute Gasteiger partial charge is 0.346 e. The number of amides is 1. The third kappa shape index (κ3) is 3.00. The molecule has 1 aromatic carbocycles. The van der Waals surface area contributed by atoms with E-state index in [0.717, 1.165) is 12.1 Å². The quantitative estimate of drug-likeness (QED) is 0.641. The molecule has 20 heavy (non-hydrogen) atoms. The number of hydrogen-bond acceptors (Lipinski definition) is 4. The van der Waals surface area contributed by atoms with Crippen molar-refractivity contribution in [1.82, 2.24) is 15.5 Å². The van der Waals surface area contributed by atoms with E-state index >= 15 is 0 Å². The van der Waals surface area contributed by atoms with Crippen LogP contribution in [0.25, 0.3) is 0 Å². The molecule has 0 saturated heterocycles. The Morgan fingerprint density at radius 2 is 2.20 bits per heavy atom. The Morgan fingerprint density at radius 3 is 2.85 bits per heavy atom. The number of rotatable bonds is 5. The summed E-state index contributed by atoms with van der Waals surface area (Å²) >= 11 is 0. The van der Waals surface area contributed by atoms with Gasteiger partial charge in [-0.25, -0.2) is 0 Å². The van der Waals surface area contributed by atoms with Crippen LogP contribution >= 0.6 is 0 Å². The van der Waals surface area contributed by atoms with Crippen molar-refractivity contribution < 1.29 is 9.72 Å². The maximum absolute atomic E-state index is 11.9. The molecule has 0 unspecified atom stereocenters. The molecule has 0 radical (unpaired) electrons. The molecule has 7 heteroatoms. The molecule has 0 aliphatic rings. The van der Waals surface area contributed by atoms with Crippen molar-refractivity contribution in [3.63, 3.8) is 0 Å². The van der Waals surface area contributed by atoms with Crippen molar-refractivity contribution in [3.8, 4) is 0 Å². The normalized spacial score (nSPS) is 10.2. The fourth-order valence-corrected chi connectivity index (χ4v) is 1.76. The molecule has 0 aliphatic carbocycles. The first-order chi connectivity index (χ1) is 9.61. The van der Waals surface area contributed by atoms with Gasteiger partial charge in [0, 0.05) is 23.9 Å². The topological polar surface area (TPSA) is 101 Å². The van der Waals surface area contributed by atoms with Gasteiger partial charge >= 0.3 is 0 Å². The van der Waals surface area contributed by atoms with Crippen molar-refractivity contribution in [3.05, 3.63) is 57.4 Å². The second kappa shape index (κ2) is 5.96. The Bertz CT molecular complexity index is 636. The van der Waals surface area contributed by atoms with Gasteiger partial charge in [-0.05, 0) is 12.5 Å². The Balaban J connectivity index is 2.05. The minimum absolute atomic E-state index is 0.0101. The number of para-hydroxylation sites is 1. The third-order valence-electron chi connectivity index (χ3n) is 2.87. The van der Waals surface area contributed by atoms with Crippen molar-refractivity contribution >= 4 is 11.6 Å². The molecule has 2 aromatic rings. The molecular weight excluding hydrogens is 260 g/mol. The van der Waals surface area contributed by atoms with E-state index in [2.05, 4.69) is 15.5 Å². The molecule has 104 valence electrons. The standard InChI is InChI=1S/C13H14N4O3/c1-2-10-7-11(16-15-10)13(18)14-8-9-5-3-4-6-12(9)17(19)20/h3-7H,2,8H2,1H3,(H,14,18)(H,15,16). The molecule has 0 atom stereocenters. The maximum atomic E-state index is 11.9. The van der Waals surface area contributed by atoms with Crippen LogP contribution in [0, 0.1) is 10.1 Å². The zero-order valence-electron chi connectivity index (χ0n) is 10.9. The zero-order valence-corrected chi connectivity index (χ0v) is 10.9. The van der Waals surface area contributed by atoms with E-state index in [1.54, 1.807) is 24.3 Å². The van der Waals surface area contributed by atoms with Crippen LogP contribution in [0.4, 0.5) is 5.69 Å². The van der Waals surface area contributed by atoms with Crippen molar-refractivity contribution in [2.75, 3.05) is 0 Å². The lowest BCUT2D eigenvalue weighted by Crippen LogP contribution is -2.23. The number of hydrogen-bond donors (Lipinski definition) is 2. The van der Waals surface area contributed by atoms with Crippen LogP contribution in [-0.4, -0.2) is 21.0 Å². The average molecular weight is 274 g/mol. The minimum Gasteiger partial charge on any atom is -0.346 e. The number of nitrogens with one attached hydrogen (secondary N) is 2. The van der Waals surface area contributed by atoms with Crippen LogP contribution in [0.5, 0.6) is 0 Å². The Labute approximate surface area is 115 Å². The number of nitro benzene ring substituents is 1. The van der Waals surface area contributed by atoms with E-state index in [1.807, 2.05) is 6.92 Å². The van der Waals surface area contributed by atoms with Gasteiger partial charge in [0.2, 0.25) is 0 Å². The van der Waals surface area contributed by atoms with Gasteiger partial charge in [-0.3, -0.25) is 20.0 Å². The van der Waals surface area contributed by atoms with Crippen LogP contribution in [0.3, 0.4) is 0 Å². The molecular formula is C13H14N4O3. The summed E-state index contributed by atoms with van der Waals surface area (Å²) in [5.74, 6) is -0.362. The number of nitrogens with zero attached hydrogens (tertiary/aromatic N) is 2. The van der Waals surface area contributed by atoms with Gasteiger partial charge in [0.25, 0.3) is 11.6 Å². The van der Waals surface area contributed by atoms with Gasteiger partial charge in [-0.2, -0.15) is 5.10 Å². The molecule has 0 saturated carbocycles. The first kappa shape index (κ1) is 13.7. The highest BCUT2D eigenvalue weighted by molar-refractivity contribution is 5.92. The Kier molecular flexibility index (Phi) is 4.09. The minimum atomic E-state index is -0.467. The molecule has 0 bridgehead atoms. The van der Waals surface area contributed by atoms with Gasteiger partial charge in [0.05, 0.1) is 4.92 Å². The summed E-state index contributed by atoms with van der Waals surface area (Å²) in [6, 6.07) is 7.96.